The van der Waals surface area contributed by atoms with Gasteiger partial charge in [0.2, 0.25) is 5.91 Å². The second kappa shape index (κ2) is 5.50. The van der Waals surface area contributed by atoms with Crippen molar-refractivity contribution in [2.24, 2.45) is 11.7 Å². The van der Waals surface area contributed by atoms with Gasteiger partial charge in [-0.1, -0.05) is 12.1 Å². The summed E-state index contributed by atoms with van der Waals surface area (Å²) in [6, 6.07) is 1.80. The summed E-state index contributed by atoms with van der Waals surface area (Å²) in [6.07, 6.45) is 0.750. The first-order valence-electron chi connectivity index (χ1n) is 5.07. The number of nitrogens with two attached hydrogens (primary N) is 1. The van der Waals surface area contributed by atoms with Crippen molar-refractivity contribution >= 4 is 5.91 Å². The SMILES string of the molecule is CCC(CN)C(=O)NCc1cc(C)on1. The molecule has 1 aromatic rings. The van der Waals surface area contributed by atoms with Crippen molar-refractivity contribution in [3.8, 4) is 0 Å². The fourth-order valence-corrected chi connectivity index (χ4v) is 1.28. The molecule has 15 heavy (non-hydrogen) atoms. The summed E-state index contributed by atoms with van der Waals surface area (Å²) in [6.45, 7) is 4.53. The van der Waals surface area contributed by atoms with E-state index < -0.39 is 0 Å². The van der Waals surface area contributed by atoms with Crippen LogP contribution in [0.1, 0.15) is 24.8 Å². The Morgan fingerprint density at radius 2 is 2.47 bits per heavy atom. The number of nitrogens with one attached hydrogen (secondary N) is 1. The van der Waals surface area contributed by atoms with Crippen LogP contribution in [-0.4, -0.2) is 17.6 Å². The van der Waals surface area contributed by atoms with Crippen molar-refractivity contribution in [3.63, 3.8) is 0 Å². The lowest BCUT2D eigenvalue weighted by atomic mass is 10.1. The first kappa shape index (κ1) is 11.7. The van der Waals surface area contributed by atoms with Crippen LogP contribution in [0.5, 0.6) is 0 Å². The zero-order valence-corrected chi connectivity index (χ0v) is 9.12. The van der Waals surface area contributed by atoms with E-state index in [1.807, 2.05) is 13.8 Å². The highest BCUT2D eigenvalue weighted by atomic mass is 16.5. The molecule has 1 heterocycles. The molecule has 0 aliphatic carbocycles. The molecule has 0 saturated carbocycles. The molecule has 1 unspecified atom stereocenters. The standard InChI is InChI=1S/C10H17N3O2/c1-3-8(5-11)10(14)12-6-9-4-7(2)15-13-9/h4,8H,3,5-6,11H2,1-2H3,(H,12,14). The summed E-state index contributed by atoms with van der Waals surface area (Å²) >= 11 is 0. The molecule has 5 nitrogen and oxygen atoms in total. The molecule has 1 rings (SSSR count). The van der Waals surface area contributed by atoms with Gasteiger partial charge in [0.15, 0.2) is 0 Å². The third-order valence-corrected chi connectivity index (χ3v) is 2.27. The van der Waals surface area contributed by atoms with Gasteiger partial charge in [-0.05, 0) is 13.3 Å². The predicted octanol–water partition coefficient (Wildman–Crippen LogP) is 0.584. The van der Waals surface area contributed by atoms with E-state index >= 15 is 0 Å². The maximum absolute atomic E-state index is 11.5. The number of aryl methyl sites for hydroxylation is 1. The van der Waals surface area contributed by atoms with E-state index in [1.165, 1.54) is 0 Å². The molecule has 1 amide bonds. The first-order chi connectivity index (χ1) is 7.17. The van der Waals surface area contributed by atoms with Gasteiger partial charge in [0, 0.05) is 18.5 Å². The second-order valence-electron chi connectivity index (χ2n) is 3.49. The molecule has 5 heteroatoms. The quantitative estimate of drug-likeness (QED) is 0.746. The summed E-state index contributed by atoms with van der Waals surface area (Å²) in [4.78, 5) is 11.5. The molecule has 0 aliphatic rings. The molecule has 1 atom stereocenters. The number of aromatic nitrogens is 1. The Labute approximate surface area is 89.0 Å². The van der Waals surface area contributed by atoms with E-state index in [0.29, 0.717) is 13.1 Å². The van der Waals surface area contributed by atoms with E-state index in [2.05, 4.69) is 10.5 Å². The zero-order chi connectivity index (χ0) is 11.3. The number of carbonyl (C=O) groups is 1. The van der Waals surface area contributed by atoms with Crippen molar-refractivity contribution in [1.82, 2.24) is 10.5 Å². The van der Waals surface area contributed by atoms with E-state index in [0.717, 1.165) is 17.9 Å². The van der Waals surface area contributed by atoms with Gasteiger partial charge in [-0.2, -0.15) is 0 Å². The normalized spacial score (nSPS) is 12.5. The fraction of sp³-hybridized carbons (Fsp3) is 0.600. The van der Waals surface area contributed by atoms with Crippen molar-refractivity contribution < 1.29 is 9.32 Å². The Kier molecular flexibility index (Phi) is 4.30. The van der Waals surface area contributed by atoms with Gasteiger partial charge in [-0.15, -0.1) is 0 Å². The summed E-state index contributed by atoms with van der Waals surface area (Å²) in [5.41, 5.74) is 6.19. The minimum absolute atomic E-state index is 0.0272. The molecule has 0 saturated heterocycles. The first-order valence-corrected chi connectivity index (χ1v) is 5.07. The van der Waals surface area contributed by atoms with Gasteiger partial charge in [-0.25, -0.2) is 0 Å². The van der Waals surface area contributed by atoms with Gasteiger partial charge in [0.1, 0.15) is 11.5 Å². The summed E-state index contributed by atoms with van der Waals surface area (Å²) in [7, 11) is 0. The molecule has 84 valence electrons. The zero-order valence-electron chi connectivity index (χ0n) is 9.12. The minimum Gasteiger partial charge on any atom is -0.361 e. The van der Waals surface area contributed by atoms with Crippen molar-refractivity contribution in [2.45, 2.75) is 26.8 Å². The summed E-state index contributed by atoms with van der Waals surface area (Å²) in [5, 5.41) is 6.55. The van der Waals surface area contributed by atoms with Crippen molar-refractivity contribution in [2.75, 3.05) is 6.54 Å². The average molecular weight is 211 g/mol. The van der Waals surface area contributed by atoms with Crippen LogP contribution in [0.2, 0.25) is 0 Å². The maximum Gasteiger partial charge on any atom is 0.224 e. The van der Waals surface area contributed by atoms with Crippen LogP contribution in [0.15, 0.2) is 10.6 Å². The van der Waals surface area contributed by atoms with Crippen LogP contribution in [0.3, 0.4) is 0 Å². The van der Waals surface area contributed by atoms with Crippen LogP contribution < -0.4 is 11.1 Å². The highest BCUT2D eigenvalue weighted by Crippen LogP contribution is 2.03. The Morgan fingerprint density at radius 1 is 1.73 bits per heavy atom. The number of hydrogen-bond donors (Lipinski definition) is 2. The summed E-state index contributed by atoms with van der Waals surface area (Å²) < 4.78 is 4.88. The summed E-state index contributed by atoms with van der Waals surface area (Å²) in [5.74, 6) is 0.601. The predicted molar refractivity (Wildman–Crippen MR) is 55.9 cm³/mol. The average Bonchev–Trinajstić information content (AvgIpc) is 2.63. The Morgan fingerprint density at radius 3 is 2.93 bits per heavy atom. The van der Waals surface area contributed by atoms with E-state index in [9.17, 15) is 4.79 Å². The van der Waals surface area contributed by atoms with E-state index in [-0.39, 0.29) is 11.8 Å². The molecule has 0 fully saturated rings. The number of hydrogen-bond acceptors (Lipinski definition) is 4. The van der Waals surface area contributed by atoms with Crippen molar-refractivity contribution in [1.29, 1.82) is 0 Å². The van der Waals surface area contributed by atoms with Gasteiger partial charge < -0.3 is 15.6 Å². The molecule has 0 radical (unpaired) electrons. The second-order valence-corrected chi connectivity index (χ2v) is 3.49. The third kappa shape index (κ3) is 3.36. The van der Waals surface area contributed by atoms with E-state index in [4.69, 9.17) is 10.3 Å². The number of amides is 1. The topological polar surface area (TPSA) is 81.2 Å². The van der Waals surface area contributed by atoms with Crippen LogP contribution in [-0.2, 0) is 11.3 Å². The smallest absolute Gasteiger partial charge is 0.224 e. The number of carbonyl (C=O) groups excluding carboxylic acids is 1. The minimum atomic E-state index is -0.113. The lowest BCUT2D eigenvalue weighted by molar-refractivity contribution is -0.124. The molecule has 0 spiro atoms. The maximum atomic E-state index is 11.5. The highest BCUT2D eigenvalue weighted by Gasteiger charge is 2.14. The third-order valence-electron chi connectivity index (χ3n) is 2.27. The van der Waals surface area contributed by atoms with Gasteiger partial charge in [-0.3, -0.25) is 4.79 Å². The van der Waals surface area contributed by atoms with Crippen LogP contribution in [0.25, 0.3) is 0 Å². The lowest BCUT2D eigenvalue weighted by Crippen LogP contribution is -2.34. The largest absolute Gasteiger partial charge is 0.361 e. The lowest BCUT2D eigenvalue weighted by Gasteiger charge is -2.11. The molecule has 0 bridgehead atoms. The monoisotopic (exact) mass is 211 g/mol. The molecule has 0 aromatic carbocycles. The molecule has 0 aliphatic heterocycles. The molecular formula is C10H17N3O2. The van der Waals surface area contributed by atoms with Gasteiger partial charge >= 0.3 is 0 Å². The molecule has 1 aromatic heterocycles. The van der Waals surface area contributed by atoms with E-state index in [1.54, 1.807) is 6.07 Å². The van der Waals surface area contributed by atoms with Crippen LogP contribution >= 0.6 is 0 Å². The Balaban J connectivity index is 2.40. The number of nitrogens with zero attached hydrogens (tertiary/aromatic N) is 1. The van der Waals surface area contributed by atoms with Crippen LogP contribution in [0, 0.1) is 12.8 Å². The highest BCUT2D eigenvalue weighted by molar-refractivity contribution is 5.78. The molecular weight excluding hydrogens is 194 g/mol. The van der Waals surface area contributed by atoms with Gasteiger partial charge in [0.25, 0.3) is 0 Å². The fourth-order valence-electron chi connectivity index (χ4n) is 1.28. The van der Waals surface area contributed by atoms with Gasteiger partial charge in [0.05, 0.1) is 6.54 Å². The molecule has 3 N–H and O–H groups in total. The Hall–Kier alpha value is -1.36. The Bertz CT molecular complexity index is 318. The number of rotatable bonds is 5. The van der Waals surface area contributed by atoms with Crippen LogP contribution in [0.4, 0.5) is 0 Å². The van der Waals surface area contributed by atoms with Crippen molar-refractivity contribution in [3.05, 3.63) is 17.5 Å².